The molecule has 1 fully saturated rings. The minimum absolute atomic E-state index is 0.0897. The van der Waals surface area contributed by atoms with E-state index in [0.29, 0.717) is 17.9 Å². The maximum atomic E-state index is 11.7. The zero-order chi connectivity index (χ0) is 11.1. The third-order valence-corrected chi connectivity index (χ3v) is 4.23. The van der Waals surface area contributed by atoms with Gasteiger partial charge in [0, 0.05) is 12.0 Å². The van der Waals surface area contributed by atoms with Gasteiger partial charge in [0.1, 0.15) is 0 Å². The van der Waals surface area contributed by atoms with Crippen molar-refractivity contribution >= 4 is 5.78 Å². The van der Waals surface area contributed by atoms with Crippen LogP contribution in [-0.2, 0) is 4.79 Å². The molecule has 82 valence electrons. The molecule has 0 spiro atoms. The van der Waals surface area contributed by atoms with Crippen molar-refractivity contribution in [3.05, 3.63) is 23.8 Å². The Balaban J connectivity index is 2.48. The summed E-state index contributed by atoms with van der Waals surface area (Å²) in [6.45, 7) is 6.00. The number of ketones is 1. The maximum absolute atomic E-state index is 11.7. The second-order valence-corrected chi connectivity index (χ2v) is 4.84. The topological polar surface area (TPSA) is 37.3 Å². The number of allylic oxidation sites excluding steroid dienone is 2. The van der Waals surface area contributed by atoms with Gasteiger partial charge in [0.15, 0.2) is 5.78 Å². The molecule has 1 N–H and O–H groups in total. The maximum Gasteiger partial charge on any atom is 0.161 e. The van der Waals surface area contributed by atoms with Gasteiger partial charge < -0.3 is 5.11 Å². The quantitative estimate of drug-likeness (QED) is 0.703. The smallest absolute Gasteiger partial charge is 0.161 e. The number of rotatable bonds is 2. The summed E-state index contributed by atoms with van der Waals surface area (Å²) in [7, 11) is 0. The first-order chi connectivity index (χ1) is 7.13. The first-order valence-corrected chi connectivity index (χ1v) is 5.62. The molecule has 2 heteroatoms. The van der Waals surface area contributed by atoms with Gasteiger partial charge in [-0.2, -0.15) is 0 Å². The largest absolute Gasteiger partial charge is 0.392 e. The molecule has 2 aliphatic carbocycles. The summed E-state index contributed by atoms with van der Waals surface area (Å²) < 4.78 is 0. The van der Waals surface area contributed by atoms with Crippen LogP contribution in [0.25, 0.3) is 0 Å². The lowest BCUT2D eigenvalue weighted by Crippen LogP contribution is -2.30. The van der Waals surface area contributed by atoms with Crippen LogP contribution in [0.2, 0.25) is 0 Å². The molecule has 0 aromatic heterocycles. The lowest BCUT2D eigenvalue weighted by molar-refractivity contribution is -0.117. The molecule has 15 heavy (non-hydrogen) atoms. The molecule has 0 amide bonds. The van der Waals surface area contributed by atoms with E-state index < -0.39 is 0 Å². The van der Waals surface area contributed by atoms with Crippen LogP contribution in [0.3, 0.4) is 0 Å². The Morgan fingerprint density at radius 3 is 2.93 bits per heavy atom. The highest BCUT2D eigenvalue weighted by Crippen LogP contribution is 2.54. The van der Waals surface area contributed by atoms with Crippen molar-refractivity contribution in [1.29, 1.82) is 0 Å². The first-order valence-electron chi connectivity index (χ1n) is 5.62. The first kappa shape index (κ1) is 10.6. The highest BCUT2D eigenvalue weighted by atomic mass is 16.3. The number of hydrogen-bond donors (Lipinski definition) is 1. The molecule has 2 nitrogen and oxygen atoms in total. The fraction of sp³-hybridized carbons (Fsp3) is 0.615. The number of carbonyl (C=O) groups is 1. The van der Waals surface area contributed by atoms with Crippen molar-refractivity contribution in [3.63, 3.8) is 0 Å². The molecule has 0 heterocycles. The van der Waals surface area contributed by atoms with E-state index in [1.807, 2.05) is 6.08 Å². The molecular weight excluding hydrogens is 188 g/mol. The van der Waals surface area contributed by atoms with Crippen molar-refractivity contribution in [2.45, 2.75) is 32.6 Å². The summed E-state index contributed by atoms with van der Waals surface area (Å²) >= 11 is 0. The van der Waals surface area contributed by atoms with E-state index in [-0.39, 0.29) is 17.8 Å². The molecule has 0 radical (unpaired) electrons. The summed E-state index contributed by atoms with van der Waals surface area (Å²) in [6.07, 6.45) is 5.54. The minimum Gasteiger partial charge on any atom is -0.392 e. The van der Waals surface area contributed by atoms with Gasteiger partial charge in [0.2, 0.25) is 0 Å². The molecule has 2 unspecified atom stereocenters. The van der Waals surface area contributed by atoms with Crippen molar-refractivity contribution < 1.29 is 9.90 Å². The molecule has 0 aliphatic heterocycles. The van der Waals surface area contributed by atoms with E-state index in [9.17, 15) is 9.90 Å². The number of hydrogen-bond acceptors (Lipinski definition) is 2. The van der Waals surface area contributed by atoms with Crippen LogP contribution in [0.4, 0.5) is 0 Å². The Bertz CT molecular complexity index is 340. The van der Waals surface area contributed by atoms with Gasteiger partial charge in [0.25, 0.3) is 0 Å². The second kappa shape index (κ2) is 3.60. The molecule has 0 aromatic rings. The Morgan fingerprint density at radius 2 is 2.33 bits per heavy atom. The van der Waals surface area contributed by atoms with Crippen LogP contribution in [0.15, 0.2) is 23.8 Å². The predicted octanol–water partition coefficient (Wildman–Crippen LogP) is 2.24. The Kier molecular flexibility index (Phi) is 2.55. The number of carbonyl (C=O) groups excluding carboxylic acids is 1. The number of fused-ring (bicyclic) bond motifs is 1. The summed E-state index contributed by atoms with van der Waals surface area (Å²) in [6, 6.07) is 0. The summed E-state index contributed by atoms with van der Waals surface area (Å²) in [5.74, 6) is 0.622. The lowest BCUT2D eigenvalue weighted by Gasteiger charge is -2.36. The van der Waals surface area contributed by atoms with Gasteiger partial charge in [-0.15, -0.1) is 6.58 Å². The minimum atomic E-state index is -0.0897. The van der Waals surface area contributed by atoms with Crippen LogP contribution in [0, 0.1) is 11.3 Å². The number of aliphatic hydroxyl groups excluding tert-OH is 1. The van der Waals surface area contributed by atoms with Gasteiger partial charge in [-0.3, -0.25) is 4.79 Å². The summed E-state index contributed by atoms with van der Waals surface area (Å²) in [5.41, 5.74) is 1.98. The number of aliphatic hydroxyl groups is 1. The summed E-state index contributed by atoms with van der Waals surface area (Å²) in [5, 5.41) is 9.28. The van der Waals surface area contributed by atoms with E-state index in [0.717, 1.165) is 19.3 Å². The molecule has 2 atom stereocenters. The fourth-order valence-electron chi connectivity index (χ4n) is 3.21. The Hall–Kier alpha value is -0.890. The van der Waals surface area contributed by atoms with Gasteiger partial charge >= 0.3 is 0 Å². The van der Waals surface area contributed by atoms with E-state index in [4.69, 9.17) is 0 Å². The average Bonchev–Trinajstić information content (AvgIpc) is 2.56. The highest BCUT2D eigenvalue weighted by Gasteiger charge is 2.45. The lowest BCUT2D eigenvalue weighted by atomic mass is 9.68. The molecule has 2 aliphatic rings. The Labute approximate surface area is 90.7 Å². The average molecular weight is 206 g/mol. The third-order valence-electron chi connectivity index (χ3n) is 4.23. The third kappa shape index (κ3) is 1.39. The molecule has 0 bridgehead atoms. The van der Waals surface area contributed by atoms with Crippen molar-refractivity contribution in [2.75, 3.05) is 6.61 Å². The Morgan fingerprint density at radius 1 is 1.60 bits per heavy atom. The van der Waals surface area contributed by atoms with Crippen LogP contribution in [0.5, 0.6) is 0 Å². The molecule has 1 saturated carbocycles. The van der Waals surface area contributed by atoms with E-state index in [2.05, 4.69) is 13.5 Å². The monoisotopic (exact) mass is 206 g/mol. The van der Waals surface area contributed by atoms with Crippen molar-refractivity contribution in [3.8, 4) is 0 Å². The van der Waals surface area contributed by atoms with E-state index in [1.54, 1.807) is 0 Å². The van der Waals surface area contributed by atoms with Crippen LogP contribution < -0.4 is 0 Å². The molecule has 0 saturated heterocycles. The van der Waals surface area contributed by atoms with Gasteiger partial charge in [0.05, 0.1) is 6.61 Å². The van der Waals surface area contributed by atoms with Gasteiger partial charge in [-0.1, -0.05) is 18.6 Å². The van der Waals surface area contributed by atoms with E-state index >= 15 is 0 Å². The molecular formula is C13H18O2. The highest BCUT2D eigenvalue weighted by molar-refractivity contribution is 5.97. The van der Waals surface area contributed by atoms with Crippen LogP contribution >= 0.6 is 0 Å². The van der Waals surface area contributed by atoms with Gasteiger partial charge in [-0.25, -0.2) is 0 Å². The van der Waals surface area contributed by atoms with Crippen molar-refractivity contribution in [1.82, 2.24) is 0 Å². The molecule has 0 aromatic carbocycles. The standard InChI is InChI=1S/C13H18O2/c1-3-9-4-5-11-10(8-14)12(15)6-7-13(9,11)2/h3,9,14H,1,4-8H2,2H3. The SMILES string of the molecule is C=CC1CCC2=C(CO)C(=O)CCC21C. The van der Waals surface area contributed by atoms with Crippen LogP contribution in [0.1, 0.15) is 32.6 Å². The zero-order valence-corrected chi connectivity index (χ0v) is 9.25. The second-order valence-electron chi connectivity index (χ2n) is 4.84. The molecule has 2 rings (SSSR count). The zero-order valence-electron chi connectivity index (χ0n) is 9.25. The predicted molar refractivity (Wildman–Crippen MR) is 59.4 cm³/mol. The summed E-state index contributed by atoms with van der Waals surface area (Å²) in [4.78, 5) is 11.7. The van der Waals surface area contributed by atoms with Crippen molar-refractivity contribution in [2.24, 2.45) is 11.3 Å². The fourth-order valence-corrected chi connectivity index (χ4v) is 3.21. The normalized spacial score (nSPS) is 35.6. The van der Waals surface area contributed by atoms with Crippen LogP contribution in [-0.4, -0.2) is 17.5 Å². The number of Topliss-reactive ketones (excluding diaryl/α,β-unsaturated/α-hetero) is 1. The van der Waals surface area contributed by atoms with Gasteiger partial charge in [-0.05, 0) is 30.6 Å². The van der Waals surface area contributed by atoms with E-state index in [1.165, 1.54) is 5.57 Å².